The molecule has 1 heterocycles. The maximum absolute atomic E-state index is 12.2. The summed E-state index contributed by atoms with van der Waals surface area (Å²) in [4.78, 5) is 26.9. The third-order valence-corrected chi connectivity index (χ3v) is 4.50. The molecular weight excluding hydrogens is 398 g/mol. The normalized spacial score (nSPS) is 11.0. The summed E-state index contributed by atoms with van der Waals surface area (Å²) in [6.45, 7) is 0. The van der Waals surface area contributed by atoms with Crippen LogP contribution in [-0.4, -0.2) is 22.9 Å². The smallest absolute Gasteiger partial charge is 0.269 e. The zero-order valence-corrected chi connectivity index (χ0v) is 16.4. The van der Waals surface area contributed by atoms with Crippen LogP contribution in [0.5, 0.6) is 5.75 Å². The number of ether oxygens (including phenoxy) is 1. The minimum absolute atomic E-state index is 0.00437. The Labute approximate surface area is 176 Å². The van der Waals surface area contributed by atoms with Crippen molar-refractivity contribution in [1.82, 2.24) is 4.98 Å². The molecule has 4 aromatic rings. The zero-order chi connectivity index (χ0) is 21.8. The van der Waals surface area contributed by atoms with Gasteiger partial charge in [-0.1, -0.05) is 6.07 Å². The van der Waals surface area contributed by atoms with Crippen LogP contribution < -0.4 is 10.1 Å². The van der Waals surface area contributed by atoms with Crippen molar-refractivity contribution in [3.63, 3.8) is 0 Å². The molecule has 0 bridgehead atoms. The fourth-order valence-electron chi connectivity index (χ4n) is 2.94. The van der Waals surface area contributed by atoms with E-state index in [1.807, 2.05) is 24.3 Å². The quantitative estimate of drug-likeness (QED) is 0.268. The summed E-state index contributed by atoms with van der Waals surface area (Å²) in [7, 11) is 1.59. The molecule has 154 valence electrons. The van der Waals surface area contributed by atoms with Crippen LogP contribution in [0.3, 0.4) is 0 Å². The van der Waals surface area contributed by atoms with Crippen molar-refractivity contribution < 1.29 is 18.9 Å². The molecule has 8 heteroatoms. The van der Waals surface area contributed by atoms with Crippen LogP contribution in [0.2, 0.25) is 0 Å². The Morgan fingerprint density at radius 2 is 1.94 bits per heavy atom. The van der Waals surface area contributed by atoms with Gasteiger partial charge in [-0.25, -0.2) is 4.98 Å². The number of non-ortho nitro benzene ring substituents is 1. The summed E-state index contributed by atoms with van der Waals surface area (Å²) < 4.78 is 11.1. The summed E-state index contributed by atoms with van der Waals surface area (Å²) >= 11 is 0. The maximum atomic E-state index is 12.2. The molecule has 8 nitrogen and oxygen atoms in total. The standard InChI is InChI=1S/C23H17N3O5/c1-30-19-4-2-3-16(13-19)23-25-20-11-8-17(14-21(20)31-23)24-22(27)12-7-15-5-9-18(10-6-15)26(28)29/h2-14H,1H3,(H,24,27)/b12-7+. The lowest BCUT2D eigenvalue weighted by Gasteiger charge is -2.01. The van der Waals surface area contributed by atoms with Crippen molar-refractivity contribution in [1.29, 1.82) is 0 Å². The highest BCUT2D eigenvalue weighted by Gasteiger charge is 2.10. The first kappa shape index (κ1) is 19.8. The summed E-state index contributed by atoms with van der Waals surface area (Å²) in [5, 5.41) is 13.5. The van der Waals surface area contributed by atoms with Crippen LogP contribution in [0, 0.1) is 10.1 Å². The highest BCUT2D eigenvalue weighted by Crippen LogP contribution is 2.28. The van der Waals surface area contributed by atoms with Gasteiger partial charge in [0.2, 0.25) is 11.8 Å². The van der Waals surface area contributed by atoms with Crippen LogP contribution in [0.1, 0.15) is 5.56 Å². The molecule has 0 saturated carbocycles. The minimum atomic E-state index is -0.473. The first-order valence-corrected chi connectivity index (χ1v) is 9.30. The van der Waals surface area contributed by atoms with E-state index in [0.29, 0.717) is 34.0 Å². The number of nitrogens with one attached hydrogen (secondary N) is 1. The molecular formula is C23H17N3O5. The van der Waals surface area contributed by atoms with Gasteiger partial charge in [0.25, 0.3) is 5.69 Å². The predicted octanol–water partition coefficient (Wildman–Crippen LogP) is 5.06. The van der Waals surface area contributed by atoms with Crippen LogP contribution in [-0.2, 0) is 4.79 Å². The molecule has 4 rings (SSSR count). The number of fused-ring (bicyclic) bond motifs is 1. The number of aromatic nitrogens is 1. The molecule has 0 spiro atoms. The van der Waals surface area contributed by atoms with Crippen LogP contribution in [0.4, 0.5) is 11.4 Å². The number of benzene rings is 3. The van der Waals surface area contributed by atoms with E-state index in [4.69, 9.17) is 9.15 Å². The van der Waals surface area contributed by atoms with Gasteiger partial charge in [0.1, 0.15) is 11.3 Å². The van der Waals surface area contributed by atoms with Gasteiger partial charge in [0.05, 0.1) is 12.0 Å². The van der Waals surface area contributed by atoms with E-state index >= 15 is 0 Å². The molecule has 0 saturated heterocycles. The third-order valence-electron chi connectivity index (χ3n) is 4.50. The topological polar surface area (TPSA) is 108 Å². The number of methoxy groups -OCH3 is 1. The van der Waals surface area contributed by atoms with Crippen LogP contribution in [0.25, 0.3) is 28.6 Å². The van der Waals surface area contributed by atoms with E-state index in [2.05, 4.69) is 10.3 Å². The number of carbonyl (C=O) groups excluding carboxylic acids is 1. The molecule has 0 aliphatic heterocycles. The number of carbonyl (C=O) groups is 1. The Kier molecular flexibility index (Phi) is 5.44. The number of rotatable bonds is 6. The number of hydrogen-bond donors (Lipinski definition) is 1. The monoisotopic (exact) mass is 415 g/mol. The molecule has 31 heavy (non-hydrogen) atoms. The Morgan fingerprint density at radius 3 is 2.68 bits per heavy atom. The molecule has 0 atom stereocenters. The van der Waals surface area contributed by atoms with Gasteiger partial charge in [0, 0.05) is 35.5 Å². The van der Waals surface area contributed by atoms with Gasteiger partial charge in [-0.2, -0.15) is 0 Å². The Morgan fingerprint density at radius 1 is 1.13 bits per heavy atom. The second-order valence-electron chi connectivity index (χ2n) is 6.60. The predicted molar refractivity (Wildman–Crippen MR) is 117 cm³/mol. The van der Waals surface area contributed by atoms with Crippen molar-refractivity contribution in [3.05, 3.63) is 88.5 Å². The van der Waals surface area contributed by atoms with Gasteiger partial charge in [0.15, 0.2) is 5.58 Å². The fourth-order valence-corrected chi connectivity index (χ4v) is 2.94. The number of nitrogens with zero attached hydrogens (tertiary/aromatic N) is 2. The molecule has 1 amide bonds. The summed E-state index contributed by atoms with van der Waals surface area (Å²) in [6, 6.07) is 18.5. The number of hydrogen-bond acceptors (Lipinski definition) is 6. The summed E-state index contributed by atoms with van der Waals surface area (Å²) in [6.07, 6.45) is 2.93. The highest BCUT2D eigenvalue weighted by atomic mass is 16.6. The lowest BCUT2D eigenvalue weighted by atomic mass is 10.2. The van der Waals surface area contributed by atoms with E-state index in [0.717, 1.165) is 5.56 Å². The average molecular weight is 415 g/mol. The Bertz CT molecular complexity index is 1290. The van der Waals surface area contributed by atoms with Crippen molar-refractivity contribution in [2.75, 3.05) is 12.4 Å². The van der Waals surface area contributed by atoms with Crippen molar-refractivity contribution in [2.45, 2.75) is 0 Å². The number of anilines is 1. The van der Waals surface area contributed by atoms with Crippen molar-refractivity contribution in [2.24, 2.45) is 0 Å². The maximum Gasteiger partial charge on any atom is 0.269 e. The number of amides is 1. The molecule has 3 aromatic carbocycles. The molecule has 1 N–H and O–H groups in total. The number of oxazole rings is 1. The largest absolute Gasteiger partial charge is 0.497 e. The SMILES string of the molecule is COc1cccc(-c2nc3ccc(NC(=O)/C=C/c4ccc([N+](=O)[O-])cc4)cc3o2)c1. The van der Waals surface area contributed by atoms with Crippen molar-refractivity contribution >= 4 is 34.5 Å². The first-order valence-electron chi connectivity index (χ1n) is 9.30. The van der Waals surface area contributed by atoms with Gasteiger partial charge in [-0.05, 0) is 54.1 Å². The second-order valence-corrected chi connectivity index (χ2v) is 6.60. The lowest BCUT2D eigenvalue weighted by Crippen LogP contribution is -2.07. The van der Waals surface area contributed by atoms with E-state index in [9.17, 15) is 14.9 Å². The molecule has 0 radical (unpaired) electrons. The minimum Gasteiger partial charge on any atom is -0.497 e. The molecule has 1 aromatic heterocycles. The van der Waals surface area contributed by atoms with E-state index < -0.39 is 4.92 Å². The zero-order valence-electron chi connectivity index (χ0n) is 16.4. The average Bonchev–Trinajstić information content (AvgIpc) is 3.21. The fraction of sp³-hybridized carbons (Fsp3) is 0.0435. The van der Waals surface area contributed by atoms with Gasteiger partial charge < -0.3 is 14.5 Å². The molecule has 0 unspecified atom stereocenters. The number of nitro groups is 1. The summed E-state index contributed by atoms with van der Waals surface area (Å²) in [5.74, 6) is 0.813. The second kappa shape index (κ2) is 8.50. The number of nitro benzene ring substituents is 1. The van der Waals surface area contributed by atoms with E-state index in [1.165, 1.54) is 18.2 Å². The molecule has 0 fully saturated rings. The van der Waals surface area contributed by atoms with E-state index in [-0.39, 0.29) is 11.6 Å². The van der Waals surface area contributed by atoms with Gasteiger partial charge >= 0.3 is 0 Å². The molecule has 0 aliphatic rings. The van der Waals surface area contributed by atoms with Crippen LogP contribution >= 0.6 is 0 Å². The van der Waals surface area contributed by atoms with Gasteiger partial charge in [-0.3, -0.25) is 14.9 Å². The van der Waals surface area contributed by atoms with Crippen molar-refractivity contribution in [3.8, 4) is 17.2 Å². The molecule has 0 aliphatic carbocycles. The Balaban J connectivity index is 1.48. The lowest BCUT2D eigenvalue weighted by molar-refractivity contribution is -0.384. The van der Waals surface area contributed by atoms with Crippen LogP contribution in [0.15, 0.2) is 77.2 Å². The summed E-state index contributed by atoms with van der Waals surface area (Å²) in [5.41, 5.74) is 3.21. The Hall–Kier alpha value is -4.46. The highest BCUT2D eigenvalue weighted by molar-refractivity contribution is 6.02. The third kappa shape index (κ3) is 4.59. The van der Waals surface area contributed by atoms with Gasteiger partial charge in [-0.15, -0.1) is 0 Å². The first-order chi connectivity index (χ1) is 15.0. The van der Waals surface area contributed by atoms with E-state index in [1.54, 1.807) is 43.5 Å².